The molecule has 0 aliphatic carbocycles. The Balaban J connectivity index is 2.09. The fourth-order valence-corrected chi connectivity index (χ4v) is 3.00. The summed E-state index contributed by atoms with van der Waals surface area (Å²) >= 11 is 0. The van der Waals surface area contributed by atoms with Crippen LogP contribution in [0.1, 0.15) is 15.9 Å². The number of primary amides is 1. The maximum Gasteiger partial charge on any atom is 0.289 e. The highest BCUT2D eigenvalue weighted by Gasteiger charge is 2.24. The van der Waals surface area contributed by atoms with Gasteiger partial charge in [-0.25, -0.2) is 8.42 Å². The van der Waals surface area contributed by atoms with Crippen molar-refractivity contribution in [3.63, 3.8) is 0 Å². The minimum absolute atomic E-state index is 0.230. The summed E-state index contributed by atoms with van der Waals surface area (Å²) in [6.07, 6.45) is 0. The predicted molar refractivity (Wildman–Crippen MR) is 90.1 cm³/mol. The molecule has 0 saturated heterocycles. The molecule has 8 nitrogen and oxygen atoms in total. The van der Waals surface area contributed by atoms with Crippen LogP contribution in [0, 0.1) is 22.0 Å². The zero-order valence-corrected chi connectivity index (χ0v) is 13.6. The number of nitrogens with one attached hydrogen (secondary N) is 1. The van der Waals surface area contributed by atoms with Crippen molar-refractivity contribution in [2.24, 2.45) is 5.73 Å². The number of para-hydroxylation sites is 1. The molecule has 9 heteroatoms. The summed E-state index contributed by atoms with van der Waals surface area (Å²) in [4.78, 5) is 20.7. The molecule has 0 unspecified atom stereocenters. The second-order valence-corrected chi connectivity index (χ2v) is 6.53. The van der Waals surface area contributed by atoms with Gasteiger partial charge < -0.3 is 5.73 Å². The Hall–Kier alpha value is -3.22. The summed E-state index contributed by atoms with van der Waals surface area (Å²) in [6, 6.07) is 11.2. The zero-order valence-electron chi connectivity index (χ0n) is 12.8. The number of hydrogen-bond acceptors (Lipinski definition) is 5. The molecule has 0 saturated carbocycles. The third-order valence-corrected chi connectivity index (χ3v) is 4.55. The smallest absolute Gasteiger partial charge is 0.289 e. The monoisotopic (exact) mass is 359 g/mol. The molecule has 0 bridgehead atoms. The topological polar surface area (TPSA) is 132 Å². The van der Waals surface area contributed by atoms with Gasteiger partial charge in [0, 0.05) is 17.2 Å². The first-order chi connectivity index (χ1) is 11.8. The molecular formula is C16H13N3O5S. The van der Waals surface area contributed by atoms with E-state index in [2.05, 4.69) is 16.6 Å². The fraction of sp³-hybridized carbons (Fsp3) is 0.0625. The average molecular weight is 359 g/mol. The standard InChI is InChI=1S/C16H13N3O5S/c17-16(20)13-9-7-12(8-10-13)4-3-11-18-25(23,24)15-6-2-1-5-14(15)19(21)22/h1-2,5-10,18H,11H2,(H2,17,20). The van der Waals surface area contributed by atoms with Gasteiger partial charge in [0.25, 0.3) is 5.69 Å². The van der Waals surface area contributed by atoms with Crippen LogP contribution in [0.5, 0.6) is 0 Å². The van der Waals surface area contributed by atoms with Gasteiger partial charge >= 0.3 is 0 Å². The van der Waals surface area contributed by atoms with Crippen LogP contribution in [0.3, 0.4) is 0 Å². The first-order valence-electron chi connectivity index (χ1n) is 6.93. The van der Waals surface area contributed by atoms with E-state index < -0.39 is 31.4 Å². The lowest BCUT2D eigenvalue weighted by Crippen LogP contribution is -2.24. The lowest BCUT2D eigenvalue weighted by Gasteiger charge is -2.04. The highest BCUT2D eigenvalue weighted by molar-refractivity contribution is 7.89. The Morgan fingerprint density at radius 1 is 1.16 bits per heavy atom. The van der Waals surface area contributed by atoms with Crippen molar-refractivity contribution in [3.8, 4) is 11.8 Å². The van der Waals surface area contributed by atoms with Crippen LogP contribution < -0.4 is 10.5 Å². The minimum atomic E-state index is -4.06. The van der Waals surface area contributed by atoms with Gasteiger partial charge in [-0.2, -0.15) is 4.72 Å². The van der Waals surface area contributed by atoms with Crippen LogP contribution in [0.4, 0.5) is 5.69 Å². The molecule has 0 aromatic heterocycles. The first-order valence-corrected chi connectivity index (χ1v) is 8.41. The molecule has 1 amide bonds. The Morgan fingerprint density at radius 3 is 2.40 bits per heavy atom. The van der Waals surface area contributed by atoms with Gasteiger partial charge in [-0.15, -0.1) is 0 Å². The summed E-state index contributed by atoms with van der Waals surface area (Å²) < 4.78 is 26.5. The number of carbonyl (C=O) groups excluding carboxylic acids is 1. The van der Waals surface area contributed by atoms with E-state index in [-0.39, 0.29) is 6.54 Å². The number of nitrogens with zero attached hydrogens (tertiary/aromatic N) is 1. The Labute approximate surface area is 143 Å². The maximum absolute atomic E-state index is 12.2. The van der Waals surface area contributed by atoms with E-state index in [4.69, 9.17) is 5.73 Å². The van der Waals surface area contributed by atoms with Crippen molar-refractivity contribution < 1.29 is 18.1 Å². The molecule has 128 valence electrons. The second-order valence-electron chi connectivity index (χ2n) is 4.79. The zero-order chi connectivity index (χ0) is 18.4. The molecule has 3 N–H and O–H groups in total. The van der Waals surface area contributed by atoms with E-state index in [9.17, 15) is 23.3 Å². The van der Waals surface area contributed by atoms with E-state index in [0.717, 1.165) is 12.1 Å². The molecular weight excluding hydrogens is 346 g/mol. The molecule has 0 heterocycles. The number of nitro benzene ring substituents is 1. The van der Waals surface area contributed by atoms with E-state index in [1.807, 2.05) is 0 Å². The van der Waals surface area contributed by atoms with Crippen molar-refractivity contribution in [2.45, 2.75) is 4.90 Å². The van der Waals surface area contributed by atoms with E-state index in [1.54, 1.807) is 12.1 Å². The molecule has 0 fully saturated rings. The van der Waals surface area contributed by atoms with Crippen LogP contribution in [-0.4, -0.2) is 25.8 Å². The van der Waals surface area contributed by atoms with E-state index in [0.29, 0.717) is 11.1 Å². The number of sulfonamides is 1. The second kappa shape index (κ2) is 7.57. The molecule has 0 aliphatic rings. The fourth-order valence-electron chi connectivity index (χ4n) is 1.91. The van der Waals surface area contributed by atoms with Crippen LogP contribution in [0.25, 0.3) is 0 Å². The average Bonchev–Trinajstić information content (AvgIpc) is 2.59. The molecule has 0 aliphatic heterocycles. The minimum Gasteiger partial charge on any atom is -0.366 e. The molecule has 2 aromatic rings. The van der Waals surface area contributed by atoms with Crippen LogP contribution in [0.15, 0.2) is 53.4 Å². The van der Waals surface area contributed by atoms with Gasteiger partial charge in [-0.05, 0) is 30.3 Å². The van der Waals surface area contributed by atoms with Gasteiger partial charge in [0.15, 0.2) is 4.90 Å². The van der Waals surface area contributed by atoms with Crippen molar-refractivity contribution in [1.82, 2.24) is 4.72 Å². The lowest BCUT2D eigenvalue weighted by atomic mass is 10.1. The number of nitro groups is 1. The summed E-state index contributed by atoms with van der Waals surface area (Å²) in [7, 11) is -4.06. The predicted octanol–water partition coefficient (Wildman–Crippen LogP) is 1.02. The van der Waals surface area contributed by atoms with Gasteiger partial charge in [0.2, 0.25) is 15.9 Å². The number of rotatable bonds is 5. The SMILES string of the molecule is NC(=O)c1ccc(C#CCNS(=O)(=O)c2ccccc2[N+](=O)[O-])cc1. The molecule has 25 heavy (non-hydrogen) atoms. The van der Waals surface area contributed by atoms with Gasteiger partial charge in [-0.3, -0.25) is 14.9 Å². The molecule has 0 atom stereocenters. The Kier molecular flexibility index (Phi) is 5.49. The first kappa shape index (κ1) is 18.1. The Morgan fingerprint density at radius 2 is 1.80 bits per heavy atom. The molecule has 0 radical (unpaired) electrons. The van der Waals surface area contributed by atoms with Crippen LogP contribution in [0.2, 0.25) is 0 Å². The van der Waals surface area contributed by atoms with Crippen LogP contribution >= 0.6 is 0 Å². The molecule has 2 aromatic carbocycles. The third-order valence-electron chi connectivity index (χ3n) is 3.10. The number of benzene rings is 2. The number of hydrogen-bond donors (Lipinski definition) is 2. The summed E-state index contributed by atoms with van der Waals surface area (Å²) in [5.41, 5.74) is 5.51. The summed E-state index contributed by atoms with van der Waals surface area (Å²) in [5.74, 6) is 4.75. The maximum atomic E-state index is 12.2. The largest absolute Gasteiger partial charge is 0.366 e. The van der Waals surface area contributed by atoms with Gasteiger partial charge in [0.05, 0.1) is 11.5 Å². The van der Waals surface area contributed by atoms with Crippen LogP contribution in [-0.2, 0) is 10.0 Å². The lowest BCUT2D eigenvalue weighted by molar-refractivity contribution is -0.387. The van der Waals surface area contributed by atoms with Crippen molar-refractivity contribution in [1.29, 1.82) is 0 Å². The number of nitrogens with two attached hydrogens (primary N) is 1. The van der Waals surface area contributed by atoms with Crippen molar-refractivity contribution in [2.75, 3.05) is 6.54 Å². The number of carbonyl (C=O) groups is 1. The van der Waals surface area contributed by atoms with Crippen molar-refractivity contribution in [3.05, 3.63) is 69.8 Å². The normalized spacial score (nSPS) is 10.6. The quantitative estimate of drug-likeness (QED) is 0.467. The molecule has 2 rings (SSSR count). The van der Waals surface area contributed by atoms with Gasteiger partial charge in [-0.1, -0.05) is 24.0 Å². The molecule has 0 spiro atoms. The van der Waals surface area contributed by atoms with E-state index >= 15 is 0 Å². The highest BCUT2D eigenvalue weighted by atomic mass is 32.2. The van der Waals surface area contributed by atoms with Gasteiger partial charge in [0.1, 0.15) is 0 Å². The van der Waals surface area contributed by atoms with Crippen molar-refractivity contribution >= 4 is 21.6 Å². The van der Waals surface area contributed by atoms with E-state index in [1.165, 1.54) is 24.3 Å². The Bertz CT molecular complexity index is 973. The summed E-state index contributed by atoms with van der Waals surface area (Å²) in [5, 5.41) is 10.9. The third kappa shape index (κ3) is 4.63. The highest BCUT2D eigenvalue weighted by Crippen LogP contribution is 2.22. The number of amides is 1. The summed E-state index contributed by atoms with van der Waals surface area (Å²) in [6.45, 7) is -0.230.